The lowest BCUT2D eigenvalue weighted by Gasteiger charge is -2.12. The summed E-state index contributed by atoms with van der Waals surface area (Å²) in [6.45, 7) is 0.391. The predicted octanol–water partition coefficient (Wildman–Crippen LogP) is 2.62. The predicted molar refractivity (Wildman–Crippen MR) is 89.0 cm³/mol. The fourth-order valence-electron chi connectivity index (χ4n) is 2.74. The second-order valence-corrected chi connectivity index (χ2v) is 6.62. The van der Waals surface area contributed by atoms with Gasteiger partial charge in [-0.1, -0.05) is 11.6 Å². The number of aliphatic hydroxyl groups is 1. The van der Waals surface area contributed by atoms with Crippen LogP contribution in [0.2, 0.25) is 5.15 Å². The van der Waals surface area contributed by atoms with Gasteiger partial charge in [-0.25, -0.2) is 4.98 Å². The fourth-order valence-corrected chi connectivity index (χ4v) is 3.99. The Kier molecular flexibility index (Phi) is 3.18. The van der Waals surface area contributed by atoms with Crippen molar-refractivity contribution in [1.29, 1.82) is 0 Å². The minimum absolute atomic E-state index is 0.0937. The molecule has 0 fully saturated rings. The molecule has 0 radical (unpaired) electrons. The highest BCUT2D eigenvalue weighted by molar-refractivity contribution is 7.21. The monoisotopic (exact) mass is 333 g/mol. The van der Waals surface area contributed by atoms with Crippen LogP contribution in [0.3, 0.4) is 0 Å². The molecule has 0 saturated heterocycles. The van der Waals surface area contributed by atoms with Gasteiger partial charge in [-0.05, 0) is 24.3 Å². The molecule has 0 saturated carbocycles. The first kappa shape index (κ1) is 13.8. The number of anilines is 1. The third-order valence-corrected chi connectivity index (χ3v) is 5.14. The summed E-state index contributed by atoms with van der Waals surface area (Å²) >= 11 is 7.39. The van der Waals surface area contributed by atoms with Crippen molar-refractivity contribution in [3.05, 3.63) is 34.3 Å². The first-order valence-corrected chi connectivity index (χ1v) is 8.04. The average molecular weight is 334 g/mol. The summed E-state index contributed by atoms with van der Waals surface area (Å²) in [6, 6.07) is 7.26. The summed E-state index contributed by atoms with van der Waals surface area (Å²) in [5, 5.41) is 17.8. The molecule has 5 nitrogen and oxygen atoms in total. The molecular formula is C15H12ClN3O2S. The topological polar surface area (TPSA) is 74.2 Å². The molecule has 1 atom stereocenters. The maximum atomic E-state index is 12.3. The van der Waals surface area contributed by atoms with Gasteiger partial charge in [0.2, 0.25) is 0 Å². The maximum Gasteiger partial charge on any atom is 0.263 e. The highest BCUT2D eigenvalue weighted by Crippen LogP contribution is 2.40. The molecule has 1 aliphatic rings. The second kappa shape index (κ2) is 5.08. The van der Waals surface area contributed by atoms with Gasteiger partial charge < -0.3 is 15.7 Å². The minimum Gasteiger partial charge on any atom is -0.394 e. The molecule has 0 bridgehead atoms. The van der Waals surface area contributed by atoms with Crippen molar-refractivity contribution >= 4 is 55.5 Å². The molecule has 0 unspecified atom stereocenters. The molecule has 1 amide bonds. The molecule has 1 aliphatic heterocycles. The molecule has 3 aromatic rings. The van der Waals surface area contributed by atoms with Crippen molar-refractivity contribution in [2.45, 2.75) is 6.04 Å². The average Bonchev–Trinajstić information content (AvgIpc) is 2.82. The van der Waals surface area contributed by atoms with E-state index in [1.807, 2.05) is 18.2 Å². The molecule has 7 heteroatoms. The molecule has 1 aromatic carbocycles. The maximum absolute atomic E-state index is 12.3. The molecule has 22 heavy (non-hydrogen) atoms. The summed E-state index contributed by atoms with van der Waals surface area (Å²) < 4.78 is 1.02. The lowest BCUT2D eigenvalue weighted by Crippen LogP contribution is -2.39. The van der Waals surface area contributed by atoms with Crippen molar-refractivity contribution in [2.75, 3.05) is 18.5 Å². The zero-order valence-electron chi connectivity index (χ0n) is 11.4. The SMILES string of the molecule is O=C1N[C@H](CO)CNc2c1sc1ccc3nc(Cl)ccc3c21. The number of rotatable bonds is 1. The van der Waals surface area contributed by atoms with Gasteiger partial charge in [0.05, 0.1) is 23.9 Å². The number of aliphatic hydroxyl groups excluding tert-OH is 1. The third-order valence-electron chi connectivity index (χ3n) is 3.78. The van der Waals surface area contributed by atoms with Gasteiger partial charge in [0.1, 0.15) is 10.0 Å². The number of hydrogen-bond donors (Lipinski definition) is 3. The Bertz CT molecular complexity index is 909. The van der Waals surface area contributed by atoms with Crippen LogP contribution in [0, 0.1) is 0 Å². The van der Waals surface area contributed by atoms with Crippen LogP contribution in [0.4, 0.5) is 5.69 Å². The summed E-state index contributed by atoms with van der Waals surface area (Å²) in [4.78, 5) is 17.3. The summed E-state index contributed by atoms with van der Waals surface area (Å²) in [5.74, 6) is -0.157. The van der Waals surface area contributed by atoms with E-state index in [-0.39, 0.29) is 18.6 Å². The second-order valence-electron chi connectivity index (χ2n) is 5.18. The van der Waals surface area contributed by atoms with Crippen molar-refractivity contribution < 1.29 is 9.90 Å². The number of amides is 1. The van der Waals surface area contributed by atoms with Gasteiger partial charge in [-0.2, -0.15) is 0 Å². The van der Waals surface area contributed by atoms with Crippen LogP contribution in [-0.2, 0) is 0 Å². The van der Waals surface area contributed by atoms with E-state index >= 15 is 0 Å². The number of halogens is 1. The number of aromatic nitrogens is 1. The van der Waals surface area contributed by atoms with Gasteiger partial charge in [-0.3, -0.25) is 4.79 Å². The Labute approximate surface area is 134 Å². The number of hydrogen-bond acceptors (Lipinski definition) is 5. The first-order chi connectivity index (χ1) is 10.7. The molecule has 112 valence electrons. The molecule has 3 N–H and O–H groups in total. The van der Waals surface area contributed by atoms with Crippen LogP contribution in [0.5, 0.6) is 0 Å². The Balaban J connectivity index is 2.00. The van der Waals surface area contributed by atoms with Gasteiger partial charge in [0, 0.05) is 22.0 Å². The van der Waals surface area contributed by atoms with E-state index in [9.17, 15) is 9.90 Å². The van der Waals surface area contributed by atoms with Crippen LogP contribution in [-0.4, -0.2) is 35.2 Å². The smallest absolute Gasteiger partial charge is 0.263 e. The molecule has 2 aromatic heterocycles. The lowest BCUT2D eigenvalue weighted by atomic mass is 10.1. The quantitative estimate of drug-likeness (QED) is 0.598. The highest BCUT2D eigenvalue weighted by Gasteiger charge is 2.25. The zero-order valence-corrected chi connectivity index (χ0v) is 13.0. The molecule has 0 aliphatic carbocycles. The van der Waals surface area contributed by atoms with Crippen LogP contribution in [0.15, 0.2) is 24.3 Å². The van der Waals surface area contributed by atoms with E-state index in [1.54, 1.807) is 6.07 Å². The van der Waals surface area contributed by atoms with E-state index in [0.29, 0.717) is 16.6 Å². The van der Waals surface area contributed by atoms with Crippen LogP contribution < -0.4 is 10.6 Å². The van der Waals surface area contributed by atoms with Gasteiger partial charge in [-0.15, -0.1) is 11.3 Å². The number of nitrogens with one attached hydrogen (secondary N) is 2. The number of nitrogens with zero attached hydrogens (tertiary/aromatic N) is 1. The van der Waals surface area contributed by atoms with Crippen LogP contribution in [0.1, 0.15) is 9.67 Å². The standard InChI is InChI=1S/C15H12ClN3O2S/c16-11-4-1-8-9(19-11)2-3-10-12(8)13-14(22-10)15(21)18-7(6-20)5-17-13/h1-4,7,17,20H,5-6H2,(H,18,21)/t7-/m0/s1. The minimum atomic E-state index is -0.287. The molecule has 0 spiro atoms. The van der Waals surface area contributed by atoms with E-state index in [4.69, 9.17) is 11.6 Å². The Hall–Kier alpha value is -1.89. The van der Waals surface area contributed by atoms with Crippen molar-refractivity contribution in [1.82, 2.24) is 10.3 Å². The number of benzene rings is 1. The number of carbonyl (C=O) groups excluding carboxylic acids is 1. The van der Waals surface area contributed by atoms with Gasteiger partial charge in [0.25, 0.3) is 5.91 Å². The Morgan fingerprint density at radius 3 is 3.05 bits per heavy atom. The number of carbonyl (C=O) groups is 1. The van der Waals surface area contributed by atoms with Crippen molar-refractivity contribution in [3.63, 3.8) is 0 Å². The largest absolute Gasteiger partial charge is 0.394 e. The molecule has 3 heterocycles. The fraction of sp³-hybridized carbons (Fsp3) is 0.200. The van der Waals surface area contributed by atoms with Crippen molar-refractivity contribution in [3.8, 4) is 0 Å². The van der Waals surface area contributed by atoms with Crippen LogP contribution in [0.25, 0.3) is 21.0 Å². The lowest BCUT2D eigenvalue weighted by molar-refractivity contribution is 0.0928. The summed E-state index contributed by atoms with van der Waals surface area (Å²) in [5.41, 5.74) is 1.61. The first-order valence-electron chi connectivity index (χ1n) is 6.84. The van der Waals surface area contributed by atoms with E-state index in [0.717, 1.165) is 26.7 Å². The number of thiophene rings is 1. The third kappa shape index (κ3) is 2.03. The Morgan fingerprint density at radius 1 is 1.36 bits per heavy atom. The highest BCUT2D eigenvalue weighted by atomic mass is 35.5. The zero-order chi connectivity index (χ0) is 15.3. The van der Waals surface area contributed by atoms with Crippen LogP contribution >= 0.6 is 22.9 Å². The molecule has 4 rings (SSSR count). The molecular weight excluding hydrogens is 322 g/mol. The van der Waals surface area contributed by atoms with E-state index < -0.39 is 0 Å². The van der Waals surface area contributed by atoms with E-state index in [2.05, 4.69) is 15.6 Å². The normalized spacial score (nSPS) is 17.9. The van der Waals surface area contributed by atoms with Gasteiger partial charge in [0.15, 0.2) is 0 Å². The van der Waals surface area contributed by atoms with Crippen molar-refractivity contribution in [2.24, 2.45) is 0 Å². The van der Waals surface area contributed by atoms with Gasteiger partial charge >= 0.3 is 0 Å². The van der Waals surface area contributed by atoms with E-state index in [1.165, 1.54) is 11.3 Å². The summed E-state index contributed by atoms with van der Waals surface area (Å²) in [6.07, 6.45) is 0. The Morgan fingerprint density at radius 2 is 2.23 bits per heavy atom. The number of fused-ring (bicyclic) bond motifs is 5. The number of pyridine rings is 1. The summed E-state index contributed by atoms with van der Waals surface area (Å²) in [7, 11) is 0.